The van der Waals surface area contributed by atoms with Crippen LogP contribution in [0.15, 0.2) is 4.99 Å². The van der Waals surface area contributed by atoms with Gasteiger partial charge in [0, 0.05) is 38.6 Å². The van der Waals surface area contributed by atoms with Crippen molar-refractivity contribution < 1.29 is 4.79 Å². The first-order valence-corrected chi connectivity index (χ1v) is 9.55. The van der Waals surface area contributed by atoms with Crippen molar-refractivity contribution in [2.45, 2.75) is 71.3 Å². The van der Waals surface area contributed by atoms with Gasteiger partial charge in [-0.3, -0.25) is 9.79 Å². The lowest BCUT2D eigenvalue weighted by atomic mass is 9.87. The minimum atomic E-state index is 0. The van der Waals surface area contributed by atoms with Crippen molar-refractivity contribution in [2.75, 3.05) is 26.2 Å². The molecular weight excluding hydrogens is 415 g/mol. The lowest BCUT2D eigenvalue weighted by molar-refractivity contribution is -0.129. The molecule has 24 heavy (non-hydrogen) atoms. The lowest BCUT2D eigenvalue weighted by Gasteiger charge is -2.21. The van der Waals surface area contributed by atoms with Gasteiger partial charge in [0.1, 0.15) is 0 Å². The highest BCUT2D eigenvalue weighted by Gasteiger charge is 2.25. The van der Waals surface area contributed by atoms with Crippen molar-refractivity contribution in [2.24, 2.45) is 10.9 Å². The molecule has 2 N–H and O–H groups in total. The van der Waals surface area contributed by atoms with E-state index in [-0.39, 0.29) is 29.9 Å². The Morgan fingerprint density at radius 2 is 1.92 bits per heavy atom. The molecule has 0 aromatic heterocycles. The summed E-state index contributed by atoms with van der Waals surface area (Å²) >= 11 is 0. The Hall–Kier alpha value is -0.530. The molecule has 1 unspecified atom stereocenters. The number of amides is 1. The van der Waals surface area contributed by atoms with Gasteiger partial charge < -0.3 is 15.5 Å². The van der Waals surface area contributed by atoms with Crippen molar-refractivity contribution in [1.82, 2.24) is 15.5 Å². The predicted molar refractivity (Wildman–Crippen MR) is 111 cm³/mol. The molecule has 0 radical (unpaired) electrons. The molecule has 1 heterocycles. The number of carbonyl (C=O) groups excluding carboxylic acids is 1. The molecular formula is C18H35IN4O. The Labute approximate surface area is 164 Å². The van der Waals surface area contributed by atoms with E-state index in [2.05, 4.69) is 17.6 Å². The lowest BCUT2D eigenvalue weighted by Crippen LogP contribution is -2.45. The van der Waals surface area contributed by atoms with Crippen LogP contribution in [-0.2, 0) is 4.79 Å². The van der Waals surface area contributed by atoms with Crippen LogP contribution >= 0.6 is 24.0 Å². The van der Waals surface area contributed by atoms with E-state index in [1.165, 1.54) is 38.5 Å². The van der Waals surface area contributed by atoms with Crippen molar-refractivity contribution in [3.8, 4) is 0 Å². The molecule has 0 bridgehead atoms. The molecule has 0 aromatic rings. The second-order valence-corrected chi connectivity index (χ2v) is 6.88. The molecule has 2 rings (SSSR count). The van der Waals surface area contributed by atoms with Gasteiger partial charge in [0.2, 0.25) is 5.91 Å². The van der Waals surface area contributed by atoms with Gasteiger partial charge in [-0.1, -0.05) is 39.0 Å². The van der Waals surface area contributed by atoms with Gasteiger partial charge in [0.25, 0.3) is 0 Å². The van der Waals surface area contributed by atoms with Crippen LogP contribution in [-0.4, -0.2) is 49.0 Å². The van der Waals surface area contributed by atoms with Crippen LogP contribution in [0.25, 0.3) is 0 Å². The third-order valence-electron chi connectivity index (χ3n) is 5.06. The molecule has 1 aliphatic heterocycles. The van der Waals surface area contributed by atoms with Gasteiger partial charge in [-0.05, 0) is 25.7 Å². The van der Waals surface area contributed by atoms with Gasteiger partial charge in [-0.15, -0.1) is 24.0 Å². The van der Waals surface area contributed by atoms with E-state index in [4.69, 9.17) is 4.99 Å². The van der Waals surface area contributed by atoms with Gasteiger partial charge in [-0.25, -0.2) is 0 Å². The summed E-state index contributed by atoms with van der Waals surface area (Å²) in [6.07, 6.45) is 9.81. The summed E-state index contributed by atoms with van der Waals surface area (Å²) in [6, 6.07) is 0.331. The van der Waals surface area contributed by atoms with Gasteiger partial charge in [0.05, 0.1) is 0 Å². The summed E-state index contributed by atoms with van der Waals surface area (Å²) in [7, 11) is 0. The van der Waals surface area contributed by atoms with Gasteiger partial charge in [-0.2, -0.15) is 0 Å². The summed E-state index contributed by atoms with van der Waals surface area (Å²) in [5.41, 5.74) is 0. The average Bonchev–Trinajstić information content (AvgIpc) is 3.04. The zero-order valence-corrected chi connectivity index (χ0v) is 17.7. The molecule has 0 spiro atoms. The number of rotatable bonds is 6. The van der Waals surface area contributed by atoms with E-state index in [9.17, 15) is 4.79 Å². The van der Waals surface area contributed by atoms with E-state index in [1.54, 1.807) is 0 Å². The predicted octanol–water partition coefficient (Wildman–Crippen LogP) is 3.14. The van der Waals surface area contributed by atoms with Crippen LogP contribution in [0.5, 0.6) is 0 Å². The van der Waals surface area contributed by atoms with E-state index in [0.717, 1.165) is 44.5 Å². The summed E-state index contributed by atoms with van der Waals surface area (Å²) in [5, 5.41) is 6.85. The summed E-state index contributed by atoms with van der Waals surface area (Å²) in [6.45, 7) is 7.48. The molecule has 5 nitrogen and oxygen atoms in total. The van der Waals surface area contributed by atoms with Crippen molar-refractivity contribution in [3.63, 3.8) is 0 Å². The maximum absolute atomic E-state index is 11.8. The van der Waals surface area contributed by atoms with Crippen LogP contribution in [0.4, 0.5) is 0 Å². The third kappa shape index (κ3) is 7.15. The van der Waals surface area contributed by atoms with Gasteiger partial charge in [0.15, 0.2) is 5.96 Å². The molecule has 1 atom stereocenters. The SMILES string of the molecule is CCNC(=NCCC1CCCCC1)NC1CCN(C(=O)CC)C1.I. The second-order valence-electron chi connectivity index (χ2n) is 6.88. The molecule has 1 saturated carbocycles. The number of aliphatic imine (C=N–C) groups is 1. The summed E-state index contributed by atoms with van der Waals surface area (Å²) in [4.78, 5) is 18.5. The highest BCUT2D eigenvalue weighted by molar-refractivity contribution is 14.0. The number of guanidine groups is 1. The van der Waals surface area contributed by atoms with Crippen molar-refractivity contribution in [1.29, 1.82) is 0 Å². The normalized spacial score (nSPS) is 22.2. The first kappa shape index (κ1) is 21.5. The second kappa shape index (κ2) is 11.9. The fourth-order valence-corrected chi connectivity index (χ4v) is 3.68. The standard InChI is InChI=1S/C18H34N4O.HI/c1-3-17(23)22-13-11-16(14-22)21-18(19-4-2)20-12-10-15-8-6-5-7-9-15;/h15-16H,3-14H2,1-2H3,(H2,19,20,21);1H. The topological polar surface area (TPSA) is 56.7 Å². The maximum atomic E-state index is 11.8. The zero-order valence-electron chi connectivity index (χ0n) is 15.4. The Bertz CT molecular complexity index is 396. The molecule has 1 saturated heterocycles. The van der Waals surface area contributed by atoms with E-state index < -0.39 is 0 Å². The monoisotopic (exact) mass is 450 g/mol. The first-order chi connectivity index (χ1) is 11.2. The number of carbonyl (C=O) groups is 1. The van der Waals surface area contributed by atoms with Crippen molar-refractivity contribution >= 4 is 35.8 Å². The average molecular weight is 450 g/mol. The zero-order chi connectivity index (χ0) is 16.5. The van der Waals surface area contributed by atoms with Crippen LogP contribution in [0.1, 0.15) is 65.2 Å². The Kier molecular flexibility index (Phi) is 10.7. The van der Waals surface area contributed by atoms with Crippen LogP contribution in [0.3, 0.4) is 0 Å². The highest BCUT2D eigenvalue weighted by atomic mass is 127. The highest BCUT2D eigenvalue weighted by Crippen LogP contribution is 2.26. The molecule has 2 fully saturated rings. The van der Waals surface area contributed by atoms with Gasteiger partial charge >= 0.3 is 0 Å². The maximum Gasteiger partial charge on any atom is 0.222 e. The fraction of sp³-hybridized carbons (Fsp3) is 0.889. The Balaban J connectivity index is 0.00000288. The van der Waals surface area contributed by atoms with Crippen LogP contribution < -0.4 is 10.6 Å². The van der Waals surface area contributed by atoms with Crippen LogP contribution in [0.2, 0.25) is 0 Å². The quantitative estimate of drug-likeness (QED) is 0.372. The summed E-state index contributed by atoms with van der Waals surface area (Å²) in [5.74, 6) is 2.05. The number of hydrogen-bond acceptors (Lipinski definition) is 2. The third-order valence-corrected chi connectivity index (χ3v) is 5.06. The van der Waals surface area contributed by atoms with Crippen molar-refractivity contribution in [3.05, 3.63) is 0 Å². The Morgan fingerprint density at radius 1 is 1.17 bits per heavy atom. The fourth-order valence-electron chi connectivity index (χ4n) is 3.68. The van der Waals surface area contributed by atoms with Crippen LogP contribution in [0, 0.1) is 5.92 Å². The number of nitrogens with zero attached hydrogens (tertiary/aromatic N) is 2. The number of nitrogens with one attached hydrogen (secondary N) is 2. The minimum absolute atomic E-state index is 0. The van der Waals surface area contributed by atoms with E-state index in [0.29, 0.717) is 12.5 Å². The molecule has 0 aromatic carbocycles. The molecule has 140 valence electrons. The number of hydrogen-bond donors (Lipinski definition) is 2. The minimum Gasteiger partial charge on any atom is -0.357 e. The van der Waals surface area contributed by atoms with E-state index >= 15 is 0 Å². The van der Waals surface area contributed by atoms with E-state index in [1.807, 2.05) is 11.8 Å². The number of halogens is 1. The molecule has 1 amide bonds. The molecule has 6 heteroatoms. The molecule has 1 aliphatic carbocycles. The largest absolute Gasteiger partial charge is 0.357 e. The number of likely N-dealkylation sites (tertiary alicyclic amines) is 1. The first-order valence-electron chi connectivity index (χ1n) is 9.55. The Morgan fingerprint density at radius 3 is 2.58 bits per heavy atom. The summed E-state index contributed by atoms with van der Waals surface area (Å²) < 4.78 is 0. The molecule has 2 aliphatic rings. The smallest absolute Gasteiger partial charge is 0.222 e.